The van der Waals surface area contributed by atoms with Crippen LogP contribution in [0, 0.1) is 0 Å². The number of carbonyl (C=O) groups is 4. The Morgan fingerprint density at radius 1 is 0.376 bits per heavy atom. The third-order valence-electron chi connectivity index (χ3n) is 26.9. The van der Waals surface area contributed by atoms with E-state index in [1.54, 1.807) is 63.6 Å². The molecule has 0 amide bonds. The molecule has 0 unspecified atom stereocenters. The number of halogens is 2. The number of aromatic nitrogens is 7. The van der Waals surface area contributed by atoms with Crippen molar-refractivity contribution in [2.75, 3.05) is 19.8 Å². The molecule has 7 aromatic heterocycles. The zero-order valence-electron chi connectivity index (χ0n) is 88.8. The van der Waals surface area contributed by atoms with E-state index in [0.717, 1.165) is 126 Å². The maximum Gasteiger partial charge on any atom is 1.00 e. The van der Waals surface area contributed by atoms with Crippen LogP contribution in [0.3, 0.4) is 0 Å². The summed E-state index contributed by atoms with van der Waals surface area (Å²) < 4.78 is 85.5. The van der Waals surface area contributed by atoms with E-state index < -0.39 is 38.3 Å². The third-order valence-corrected chi connectivity index (χ3v) is 27.8. The number of hydrogen-bond donors (Lipinski definition) is 4. The Labute approximate surface area is 908 Å². The number of benzene rings is 8. The van der Waals surface area contributed by atoms with Crippen molar-refractivity contribution >= 4 is 122 Å². The van der Waals surface area contributed by atoms with E-state index in [0.29, 0.717) is 99.5 Å². The van der Waals surface area contributed by atoms with Crippen molar-refractivity contribution in [2.24, 2.45) is 45.4 Å². The first kappa shape index (κ1) is 117. The van der Waals surface area contributed by atoms with Crippen LogP contribution in [-0.2, 0) is 161 Å². The Bertz CT molecular complexity index is 7050. The molecule has 3 aliphatic rings. The SMILES string of the molecule is CC1(C)OB(B2OC(C)(C)C(C)(C)O2)OC1(C)C.CCOC(=O)Cc1ccccc1OCc1cc(-c2ccnc(CN)c2)c2ccn(C)c2c1.CCOC(=O)Cc1ccccc1OCc1cc(B2OC(C)(C)C(C)(C)O2)c2ccn(C)c2c1.CCOC(=O)Cc1ccccc1OCc1cc(Br)c2ccn(C)c2c1.Cn1ccc2c(-c3ccnc(CN)c3)cc(COc3ccccc3CC(=O)O)cc21.NCc1cc(Cl)ccn1.[Na+].[OH-]. The van der Waals surface area contributed by atoms with Crippen LogP contribution in [0.25, 0.3) is 65.9 Å². The van der Waals surface area contributed by atoms with Gasteiger partial charge >= 0.3 is 74.6 Å². The van der Waals surface area contributed by atoms with E-state index in [2.05, 4.69) is 156 Å². The van der Waals surface area contributed by atoms with E-state index in [-0.39, 0.29) is 101 Å². The molecule has 15 aromatic rings. The van der Waals surface area contributed by atoms with Gasteiger partial charge in [-0.3, -0.25) is 34.1 Å². The number of esters is 3. The Hall–Kier alpha value is -12.0. The number of fused-ring (bicyclic) bond motifs is 4. The molecule has 35 heteroatoms. The number of nitrogens with zero attached hydrogens (tertiary/aromatic N) is 7. The fourth-order valence-corrected chi connectivity index (χ4v) is 17.6. The van der Waals surface area contributed by atoms with E-state index in [9.17, 15) is 19.2 Å². The molecule has 0 radical (unpaired) electrons. The van der Waals surface area contributed by atoms with E-state index in [1.165, 1.54) is 5.39 Å². The van der Waals surface area contributed by atoms with Gasteiger partial charge in [0, 0.05) is 161 Å². The van der Waals surface area contributed by atoms with Gasteiger partial charge in [-0.1, -0.05) is 106 Å². The van der Waals surface area contributed by atoms with Crippen LogP contribution in [-0.4, -0.2) is 142 Å². The molecule has 3 saturated heterocycles. The first-order valence-electron chi connectivity index (χ1n) is 49.2. The van der Waals surface area contributed by atoms with Gasteiger partial charge in [0.15, 0.2) is 0 Å². The molecular weight excluding hydrogens is 1980 g/mol. The minimum absolute atomic E-state index is 0. The van der Waals surface area contributed by atoms with E-state index in [1.807, 2.05) is 211 Å². The van der Waals surface area contributed by atoms with Gasteiger partial charge in [-0.05, 0) is 287 Å². The number of pyridine rings is 3. The number of ether oxygens (including phenoxy) is 7. The Kier molecular flexibility index (Phi) is 41.1. The Morgan fingerprint density at radius 2 is 0.664 bits per heavy atom. The van der Waals surface area contributed by atoms with Crippen molar-refractivity contribution in [3.05, 3.63) is 321 Å². The number of hydrogen-bond acceptors (Lipinski definition) is 24. The molecule has 149 heavy (non-hydrogen) atoms. The second-order valence-electron chi connectivity index (χ2n) is 39.1. The van der Waals surface area contributed by atoms with Crippen molar-refractivity contribution in [1.29, 1.82) is 0 Å². The summed E-state index contributed by atoms with van der Waals surface area (Å²) in [6.45, 7) is 33.7. The summed E-state index contributed by atoms with van der Waals surface area (Å²) in [6, 6.07) is 66.7. The van der Waals surface area contributed by atoms with Crippen molar-refractivity contribution in [1.82, 2.24) is 33.2 Å². The zero-order valence-corrected chi connectivity index (χ0v) is 93.1. The Balaban J connectivity index is 0.000000174. The van der Waals surface area contributed by atoms with Crippen LogP contribution in [0.1, 0.15) is 165 Å². The van der Waals surface area contributed by atoms with Crippen LogP contribution in [0.4, 0.5) is 0 Å². The van der Waals surface area contributed by atoms with Gasteiger partial charge in [-0.2, -0.15) is 0 Å². The maximum atomic E-state index is 12.0. The van der Waals surface area contributed by atoms with Crippen LogP contribution < -0.4 is 71.2 Å². The van der Waals surface area contributed by atoms with Crippen molar-refractivity contribution in [3.63, 3.8) is 0 Å². The topological polar surface area (TPSA) is 375 Å². The summed E-state index contributed by atoms with van der Waals surface area (Å²) in [5, 5.41) is 14.4. The number of carboxylic acids is 1. The molecular formula is C114H134B3BrClN10NaO19. The maximum absolute atomic E-state index is 12.0. The molecule has 8 aromatic carbocycles. The zero-order chi connectivity index (χ0) is 106. The van der Waals surface area contributed by atoms with Crippen LogP contribution in [0.15, 0.2) is 254 Å². The van der Waals surface area contributed by atoms with Gasteiger partial charge in [-0.25, -0.2) is 0 Å². The number of rotatable bonds is 30. The molecule has 0 aliphatic carbocycles. The van der Waals surface area contributed by atoms with Crippen molar-refractivity contribution in [3.8, 4) is 45.3 Å². The van der Waals surface area contributed by atoms with Crippen LogP contribution >= 0.6 is 27.5 Å². The summed E-state index contributed by atoms with van der Waals surface area (Å²) >= 11 is 9.25. The second kappa shape index (κ2) is 52.2. The first-order valence-corrected chi connectivity index (χ1v) is 50.4. The molecule has 0 spiro atoms. The molecule has 18 rings (SSSR count). The van der Waals surface area contributed by atoms with Gasteiger partial charge in [-0.15, -0.1) is 0 Å². The standard InChI is InChI=1S/C26H32BNO5.C26H27N3O3.C24H23N3O3.C20H20BrNO3.C12H24B2O4.C6H7ClN2.Na.H2O/c1-7-30-24(29)16-19-10-8-9-11-23(19)31-17-18-14-21(20-12-13-28(6)22(20)15-18)27-32-25(2,3)26(4,5)33-27;1-3-31-26(30)15-20-6-4-5-7-25(20)32-17-18-12-23(19-8-10-28-21(14-19)16-27)22-9-11-29(2)24(22)13-18;1-27-9-7-20-21(17-6-8-26-19(12-17)14-25)10-16(11-22(20)27)15-30-23-5-3-2-4-18(23)13-24(28)29;1-3-24-20(23)12-15-6-4-5-7-19(15)25-13-14-10-17(21)16-8-9-22(2)18(16)11-14;1-9(2)10(3,4)16-13(15-9)14-17-11(5,6)12(7,8)18-14;7-5-1-2-9-6(3-5)4-8;;/h8-15H,7,16-17H2,1-6H3;4-14H,3,15-17,27H2,1-2H3;2-12H,13-15,25H2,1H3,(H,28,29);4-11H,3,12-13H2,1-2H3;1-8H3;1-3H,4,8H2;;1H2/q;;;;;;+1;/p-1. The van der Waals surface area contributed by atoms with Crippen LogP contribution in [0.2, 0.25) is 5.02 Å². The molecule has 0 atom stereocenters. The van der Waals surface area contributed by atoms with Gasteiger partial charge in [0.1, 0.15) is 49.4 Å². The molecule has 0 bridgehead atoms. The predicted molar refractivity (Wildman–Crippen MR) is 584 cm³/mol. The largest absolute Gasteiger partial charge is 1.00 e. The first-order chi connectivity index (χ1) is 70.0. The summed E-state index contributed by atoms with van der Waals surface area (Å²) in [5.74, 6) is 1.00. The Morgan fingerprint density at radius 3 is 0.993 bits per heavy atom. The minimum Gasteiger partial charge on any atom is -0.870 e. The molecule has 3 fully saturated rings. The van der Waals surface area contributed by atoms with Crippen molar-refractivity contribution < 1.29 is 120 Å². The number of carbonyl (C=O) groups excluding carboxylic acids is 3. The normalized spacial score (nSPS) is 14.6. The number of aliphatic carboxylic acids is 1. The predicted octanol–water partition coefficient (Wildman–Crippen LogP) is 17.3. The summed E-state index contributed by atoms with van der Waals surface area (Å²) in [5.41, 5.74) is 34.1. The summed E-state index contributed by atoms with van der Waals surface area (Å²) in [7, 11) is 6.67. The smallest absolute Gasteiger partial charge is 0.870 e. The fourth-order valence-electron chi connectivity index (χ4n) is 16.8. The molecule has 3 aliphatic heterocycles. The molecule has 29 nitrogen and oxygen atoms in total. The molecule has 8 N–H and O–H groups in total. The van der Waals surface area contributed by atoms with E-state index in [4.69, 9.17) is 95.0 Å². The quantitative estimate of drug-likeness (QED) is 0.0184. The third kappa shape index (κ3) is 29.9. The average Bonchev–Trinajstić information content (AvgIpc) is 1.59. The fraction of sp³-hybridized carbons (Fsp3) is 0.342. The van der Waals surface area contributed by atoms with Crippen LogP contribution in [0.5, 0.6) is 23.0 Å². The van der Waals surface area contributed by atoms with E-state index >= 15 is 0 Å². The number of para-hydroxylation sites is 4. The van der Waals surface area contributed by atoms with Gasteiger partial charge in [0.05, 0.1) is 96.2 Å². The summed E-state index contributed by atoms with van der Waals surface area (Å²) in [4.78, 5) is 59.4. The van der Waals surface area contributed by atoms with Gasteiger partial charge in [0.2, 0.25) is 0 Å². The summed E-state index contributed by atoms with van der Waals surface area (Å²) in [6.07, 6.45) is 13.9. The van der Waals surface area contributed by atoms with Crippen molar-refractivity contribution in [2.45, 2.75) is 209 Å². The minimum atomic E-state index is -0.882. The van der Waals surface area contributed by atoms with Gasteiger partial charge < -0.3 is 107 Å². The van der Waals surface area contributed by atoms with Gasteiger partial charge in [0.25, 0.3) is 0 Å². The number of nitrogens with two attached hydrogens (primary N) is 3. The molecule has 778 valence electrons. The second-order valence-corrected chi connectivity index (χ2v) is 40.4. The molecule has 10 heterocycles. The average molecular weight is 2120 g/mol. The molecule has 0 saturated carbocycles. The monoisotopic (exact) mass is 2120 g/mol. The number of aryl methyl sites for hydroxylation is 4. The number of carboxylic acid groups (broad SMARTS) is 1.